The van der Waals surface area contributed by atoms with Crippen LogP contribution in [0.4, 0.5) is 0 Å². The molecule has 0 aliphatic rings. The lowest BCUT2D eigenvalue weighted by molar-refractivity contribution is 0.306. The van der Waals surface area contributed by atoms with Gasteiger partial charge in [-0.25, -0.2) is 0 Å². The van der Waals surface area contributed by atoms with Crippen LogP contribution in [0.15, 0.2) is 54.6 Å². The molecule has 116 valence electrons. The molecule has 1 unspecified atom stereocenters. The Labute approximate surface area is 133 Å². The van der Waals surface area contributed by atoms with Crippen LogP contribution in [0.25, 0.3) is 6.08 Å². The molecule has 0 spiro atoms. The fraction of sp³-hybridized carbons (Fsp3) is 0.300. The average Bonchev–Trinajstić information content (AvgIpc) is 2.54. The maximum Gasteiger partial charge on any atom is 0.119 e. The zero-order chi connectivity index (χ0) is 15.8. The zero-order valence-corrected chi connectivity index (χ0v) is 13.5. The zero-order valence-electron chi connectivity index (χ0n) is 13.5. The highest BCUT2D eigenvalue weighted by Gasteiger charge is 1.97. The molecule has 2 N–H and O–H groups in total. The second kappa shape index (κ2) is 8.40. The predicted octanol–water partition coefficient (Wildman–Crippen LogP) is 4.58. The molecule has 0 fully saturated rings. The van der Waals surface area contributed by atoms with Gasteiger partial charge in [-0.1, -0.05) is 55.5 Å². The molecule has 22 heavy (non-hydrogen) atoms. The summed E-state index contributed by atoms with van der Waals surface area (Å²) < 4.78 is 5.82. The summed E-state index contributed by atoms with van der Waals surface area (Å²) in [5.74, 6) is 0.893. The van der Waals surface area contributed by atoms with E-state index < -0.39 is 0 Å². The van der Waals surface area contributed by atoms with Gasteiger partial charge < -0.3 is 10.5 Å². The van der Waals surface area contributed by atoms with E-state index in [1.807, 2.05) is 19.1 Å². The number of benzene rings is 2. The van der Waals surface area contributed by atoms with E-state index in [4.69, 9.17) is 10.5 Å². The molecule has 2 aromatic carbocycles. The van der Waals surface area contributed by atoms with Crippen LogP contribution in [0.1, 0.15) is 37.0 Å². The first-order chi connectivity index (χ1) is 10.7. The minimum absolute atomic E-state index is 0.206. The van der Waals surface area contributed by atoms with Gasteiger partial charge in [-0.3, -0.25) is 0 Å². The van der Waals surface area contributed by atoms with Gasteiger partial charge in [0.25, 0.3) is 0 Å². The van der Waals surface area contributed by atoms with E-state index in [2.05, 4.69) is 55.5 Å². The van der Waals surface area contributed by atoms with Gasteiger partial charge in [0.2, 0.25) is 0 Å². The highest BCUT2D eigenvalue weighted by atomic mass is 16.5. The average molecular weight is 295 g/mol. The fourth-order valence-corrected chi connectivity index (χ4v) is 2.13. The normalized spacial score (nSPS) is 12.5. The molecule has 0 saturated carbocycles. The van der Waals surface area contributed by atoms with Crippen LogP contribution in [-0.2, 0) is 13.0 Å². The lowest BCUT2D eigenvalue weighted by atomic mass is 10.1. The van der Waals surface area contributed by atoms with Gasteiger partial charge in [-0.2, -0.15) is 0 Å². The van der Waals surface area contributed by atoms with Crippen molar-refractivity contribution in [3.8, 4) is 5.75 Å². The highest BCUT2D eigenvalue weighted by molar-refractivity contribution is 5.50. The topological polar surface area (TPSA) is 35.2 Å². The van der Waals surface area contributed by atoms with Crippen LogP contribution in [-0.4, -0.2) is 6.04 Å². The summed E-state index contributed by atoms with van der Waals surface area (Å²) >= 11 is 0. The van der Waals surface area contributed by atoms with Gasteiger partial charge in [0, 0.05) is 6.04 Å². The van der Waals surface area contributed by atoms with Crippen molar-refractivity contribution >= 4 is 6.08 Å². The van der Waals surface area contributed by atoms with Crippen molar-refractivity contribution in [1.29, 1.82) is 0 Å². The van der Waals surface area contributed by atoms with Crippen LogP contribution in [0.3, 0.4) is 0 Å². The van der Waals surface area contributed by atoms with Gasteiger partial charge in [0.1, 0.15) is 12.4 Å². The van der Waals surface area contributed by atoms with Crippen molar-refractivity contribution in [2.75, 3.05) is 0 Å². The van der Waals surface area contributed by atoms with Crippen LogP contribution >= 0.6 is 0 Å². The first kappa shape index (κ1) is 16.3. The molecule has 2 heteroatoms. The summed E-state index contributed by atoms with van der Waals surface area (Å²) in [6.07, 6.45) is 6.16. The molecule has 0 aliphatic heterocycles. The molecule has 0 aliphatic carbocycles. The third kappa shape index (κ3) is 5.38. The second-order valence-corrected chi connectivity index (χ2v) is 5.64. The SMILES string of the molecule is CCc1ccc(COc2ccc(C=CCC(C)N)cc2)cc1. The summed E-state index contributed by atoms with van der Waals surface area (Å²) in [4.78, 5) is 0. The molecule has 0 saturated heterocycles. The summed E-state index contributed by atoms with van der Waals surface area (Å²) in [6.45, 7) is 4.77. The third-order valence-corrected chi connectivity index (χ3v) is 3.53. The molecular formula is C20H25NO. The monoisotopic (exact) mass is 295 g/mol. The molecule has 2 aromatic rings. The lowest BCUT2D eigenvalue weighted by Gasteiger charge is -2.07. The summed E-state index contributed by atoms with van der Waals surface area (Å²) in [6, 6.07) is 16.9. The Hall–Kier alpha value is -2.06. The van der Waals surface area contributed by atoms with E-state index in [1.54, 1.807) is 0 Å². The Kier molecular flexibility index (Phi) is 6.23. The quantitative estimate of drug-likeness (QED) is 0.811. The molecule has 0 radical (unpaired) electrons. The third-order valence-electron chi connectivity index (χ3n) is 3.53. The minimum atomic E-state index is 0.206. The maximum absolute atomic E-state index is 5.82. The number of ether oxygens (including phenoxy) is 1. The molecule has 0 bridgehead atoms. The number of hydrogen-bond acceptors (Lipinski definition) is 2. The Morgan fingerprint density at radius 3 is 2.23 bits per heavy atom. The molecule has 1 atom stereocenters. The van der Waals surface area contributed by atoms with E-state index in [-0.39, 0.29) is 6.04 Å². The van der Waals surface area contributed by atoms with Crippen LogP contribution in [0.5, 0.6) is 5.75 Å². The smallest absolute Gasteiger partial charge is 0.119 e. The van der Waals surface area contributed by atoms with Crippen LogP contribution in [0, 0.1) is 0 Å². The van der Waals surface area contributed by atoms with Crippen LogP contribution in [0.2, 0.25) is 0 Å². The molecule has 2 rings (SSSR count). The van der Waals surface area contributed by atoms with Crippen LogP contribution < -0.4 is 10.5 Å². The molecule has 0 aromatic heterocycles. The number of hydrogen-bond donors (Lipinski definition) is 1. The standard InChI is InChI=1S/C20H25NO/c1-3-17-7-9-19(10-8-17)15-22-20-13-11-18(12-14-20)6-4-5-16(2)21/h4,6-14,16H,3,5,15,21H2,1-2H3. The van der Waals surface area contributed by atoms with Gasteiger partial charge in [0.15, 0.2) is 0 Å². The lowest BCUT2D eigenvalue weighted by Crippen LogP contribution is -2.12. The van der Waals surface area contributed by atoms with Crippen molar-refractivity contribution in [1.82, 2.24) is 0 Å². The fourth-order valence-electron chi connectivity index (χ4n) is 2.13. The van der Waals surface area contributed by atoms with E-state index in [1.165, 1.54) is 16.7 Å². The Balaban J connectivity index is 1.86. The van der Waals surface area contributed by atoms with Crippen molar-refractivity contribution < 1.29 is 4.74 Å². The van der Waals surface area contributed by atoms with Gasteiger partial charge >= 0.3 is 0 Å². The summed E-state index contributed by atoms with van der Waals surface area (Å²) in [7, 11) is 0. The van der Waals surface area contributed by atoms with Crippen molar-refractivity contribution in [2.45, 2.75) is 39.3 Å². The van der Waals surface area contributed by atoms with Crippen molar-refractivity contribution in [3.63, 3.8) is 0 Å². The van der Waals surface area contributed by atoms with Crippen molar-refractivity contribution in [3.05, 3.63) is 71.3 Å². The Morgan fingerprint density at radius 1 is 1.00 bits per heavy atom. The Morgan fingerprint density at radius 2 is 1.64 bits per heavy atom. The van der Waals surface area contributed by atoms with Crippen molar-refractivity contribution in [2.24, 2.45) is 5.73 Å². The molecular weight excluding hydrogens is 270 g/mol. The number of rotatable bonds is 7. The predicted molar refractivity (Wildman–Crippen MR) is 93.9 cm³/mol. The maximum atomic E-state index is 5.82. The van der Waals surface area contributed by atoms with Gasteiger partial charge in [-0.05, 0) is 48.6 Å². The summed E-state index contributed by atoms with van der Waals surface area (Å²) in [5.41, 5.74) is 9.44. The van der Waals surface area contributed by atoms with E-state index >= 15 is 0 Å². The van der Waals surface area contributed by atoms with E-state index in [0.717, 1.165) is 18.6 Å². The largest absolute Gasteiger partial charge is 0.489 e. The first-order valence-electron chi connectivity index (χ1n) is 7.90. The first-order valence-corrected chi connectivity index (χ1v) is 7.90. The number of aryl methyl sites for hydroxylation is 1. The Bertz CT molecular complexity index is 582. The number of nitrogens with two attached hydrogens (primary N) is 1. The highest BCUT2D eigenvalue weighted by Crippen LogP contribution is 2.15. The van der Waals surface area contributed by atoms with Gasteiger partial charge in [-0.15, -0.1) is 0 Å². The van der Waals surface area contributed by atoms with E-state index in [9.17, 15) is 0 Å². The molecule has 2 nitrogen and oxygen atoms in total. The van der Waals surface area contributed by atoms with E-state index in [0.29, 0.717) is 6.61 Å². The molecule has 0 heterocycles. The molecule has 0 amide bonds. The minimum Gasteiger partial charge on any atom is -0.489 e. The van der Waals surface area contributed by atoms with Gasteiger partial charge in [0.05, 0.1) is 0 Å². The second-order valence-electron chi connectivity index (χ2n) is 5.64. The summed E-state index contributed by atoms with van der Waals surface area (Å²) in [5, 5.41) is 0.